The van der Waals surface area contributed by atoms with Crippen LogP contribution in [0.2, 0.25) is 0 Å². The highest BCUT2D eigenvalue weighted by atomic mass is 32.2. The van der Waals surface area contributed by atoms with Crippen LogP contribution in [-0.2, 0) is 26.0 Å². The quantitative estimate of drug-likeness (QED) is 0.532. The van der Waals surface area contributed by atoms with Gasteiger partial charge in [-0.1, -0.05) is 18.2 Å². The van der Waals surface area contributed by atoms with Crippen molar-refractivity contribution in [2.75, 3.05) is 36.0 Å². The highest BCUT2D eigenvalue weighted by molar-refractivity contribution is 8.15. The number of halogens is 1. The lowest BCUT2D eigenvalue weighted by Crippen LogP contribution is -2.33. The minimum Gasteiger partial charge on any atom is -0.466 e. The summed E-state index contributed by atoms with van der Waals surface area (Å²) in [5, 5.41) is 6.02. The van der Waals surface area contributed by atoms with Gasteiger partial charge >= 0.3 is 5.97 Å². The van der Waals surface area contributed by atoms with Gasteiger partial charge in [-0.2, -0.15) is 0 Å². The summed E-state index contributed by atoms with van der Waals surface area (Å²) in [5.41, 5.74) is 2.07. The third kappa shape index (κ3) is 4.65. The van der Waals surface area contributed by atoms with Crippen LogP contribution in [0.1, 0.15) is 18.9 Å². The Hall–Kier alpha value is -2.11. The first-order chi connectivity index (χ1) is 15.4. The van der Waals surface area contributed by atoms with E-state index in [1.807, 2.05) is 6.07 Å². The highest BCUT2D eigenvalue weighted by Crippen LogP contribution is 2.40. The fourth-order valence-corrected chi connectivity index (χ4v) is 7.56. The van der Waals surface area contributed by atoms with E-state index in [4.69, 9.17) is 4.74 Å². The average Bonchev–Trinajstić information content (AvgIpc) is 3.52. The molecule has 3 heterocycles. The van der Waals surface area contributed by atoms with E-state index in [1.165, 1.54) is 6.07 Å². The number of fused-ring (bicyclic) bond motifs is 1. The summed E-state index contributed by atoms with van der Waals surface area (Å²) in [4.78, 5) is 16.4. The monoisotopic (exact) mass is 497 g/mol. The van der Waals surface area contributed by atoms with Crippen LogP contribution >= 0.6 is 23.1 Å². The van der Waals surface area contributed by atoms with Crippen LogP contribution in [-0.4, -0.2) is 57.1 Å². The molecule has 2 aromatic rings. The van der Waals surface area contributed by atoms with E-state index in [-0.39, 0.29) is 28.0 Å². The topological polar surface area (TPSA) is 88.1 Å². The van der Waals surface area contributed by atoms with Crippen molar-refractivity contribution in [2.24, 2.45) is 4.99 Å². The number of ether oxygens (including phenoxy) is 1. The first-order valence-electron chi connectivity index (χ1n) is 10.3. The lowest BCUT2D eigenvalue weighted by Gasteiger charge is -2.25. The number of carbonyl (C=O) groups is 1. The number of para-hydroxylation sites is 1. The molecule has 32 heavy (non-hydrogen) atoms. The number of thioether (sulfide) groups is 1. The van der Waals surface area contributed by atoms with Gasteiger partial charge in [-0.15, -0.1) is 23.1 Å². The normalized spacial score (nSPS) is 19.9. The van der Waals surface area contributed by atoms with Gasteiger partial charge in [0, 0.05) is 11.7 Å². The molecule has 172 valence electrons. The lowest BCUT2D eigenvalue weighted by molar-refractivity contribution is -0.143. The fraction of sp³-hybridized carbons (Fsp3) is 0.429. The van der Waals surface area contributed by atoms with Gasteiger partial charge in [0.15, 0.2) is 0 Å². The molecule has 1 N–H and O–H groups in total. The number of nitrogens with zero attached hydrogens (tertiary/aromatic N) is 2. The maximum Gasteiger partial charge on any atom is 0.306 e. The Bertz CT molecular complexity index is 1110. The number of carbonyl (C=O) groups excluding carboxylic acids is 1. The number of nitrogens with one attached hydrogen (secondary N) is 1. The van der Waals surface area contributed by atoms with E-state index in [1.54, 1.807) is 42.3 Å². The Morgan fingerprint density at radius 2 is 2.19 bits per heavy atom. The van der Waals surface area contributed by atoms with Crippen molar-refractivity contribution in [2.45, 2.75) is 35.3 Å². The zero-order chi connectivity index (χ0) is 22.7. The maximum absolute atomic E-state index is 13.4. The molecule has 2 aliphatic heterocycles. The third-order valence-corrected chi connectivity index (χ3v) is 9.69. The van der Waals surface area contributed by atoms with Crippen LogP contribution in [0, 0.1) is 0 Å². The highest BCUT2D eigenvalue weighted by Gasteiger charge is 2.35. The molecule has 0 saturated heterocycles. The van der Waals surface area contributed by atoms with Crippen LogP contribution < -0.4 is 9.62 Å². The number of thiophene rings is 1. The number of alkyl halides is 1. The van der Waals surface area contributed by atoms with Gasteiger partial charge in [0.2, 0.25) is 0 Å². The minimum absolute atomic E-state index is 0.0382. The van der Waals surface area contributed by atoms with Gasteiger partial charge in [-0.3, -0.25) is 14.1 Å². The molecule has 2 aliphatic rings. The summed E-state index contributed by atoms with van der Waals surface area (Å²) in [7, 11) is -3.87. The van der Waals surface area contributed by atoms with Crippen molar-refractivity contribution >= 4 is 55.5 Å². The molecule has 2 atom stereocenters. The second kappa shape index (κ2) is 9.80. The third-order valence-electron chi connectivity index (χ3n) is 5.20. The fourth-order valence-electron chi connectivity index (χ4n) is 3.83. The molecule has 0 aliphatic carbocycles. The number of hydrogen-bond acceptors (Lipinski definition) is 8. The van der Waals surface area contributed by atoms with Crippen LogP contribution in [0.4, 0.5) is 15.8 Å². The summed E-state index contributed by atoms with van der Waals surface area (Å²) in [6, 6.07) is 8.51. The van der Waals surface area contributed by atoms with Gasteiger partial charge < -0.3 is 10.1 Å². The summed E-state index contributed by atoms with van der Waals surface area (Å²) >= 11 is 2.67. The molecule has 0 amide bonds. The molecule has 11 heteroatoms. The van der Waals surface area contributed by atoms with Crippen LogP contribution in [0.3, 0.4) is 0 Å². The van der Waals surface area contributed by atoms with Crippen molar-refractivity contribution in [3.63, 3.8) is 0 Å². The average molecular weight is 498 g/mol. The standard InChI is InChI=1S/C21H24FN3O4S3/c1-2-29-18(26)12-15-13-23-21(31-15)16-11-14-5-3-6-17(20(14)24-16)25(9-8-22)32(27,28)19-7-4-10-30-19/h3-7,10,15-16,24H,2,8-9,11-13H2,1H3. The van der Waals surface area contributed by atoms with E-state index in [9.17, 15) is 17.6 Å². The SMILES string of the molecule is CCOC(=O)CC1CN=C(C2Cc3cccc(N(CCF)S(=O)(=O)c4cccs4)c3N2)S1. The molecule has 1 aromatic heterocycles. The molecule has 0 spiro atoms. The van der Waals surface area contributed by atoms with Crippen LogP contribution in [0.15, 0.2) is 44.9 Å². The largest absolute Gasteiger partial charge is 0.466 e. The molecule has 2 unspecified atom stereocenters. The Labute approximate surface area is 195 Å². The Kier molecular flexibility index (Phi) is 7.06. The summed E-state index contributed by atoms with van der Waals surface area (Å²) in [6.07, 6.45) is 0.948. The van der Waals surface area contributed by atoms with Crippen molar-refractivity contribution in [3.05, 3.63) is 41.3 Å². The molecule has 4 rings (SSSR count). The number of anilines is 2. The van der Waals surface area contributed by atoms with Gasteiger partial charge in [-0.25, -0.2) is 12.8 Å². The van der Waals surface area contributed by atoms with E-state index >= 15 is 0 Å². The molecular formula is C21H24FN3O4S3. The number of aliphatic imine (C=N–C) groups is 1. The predicted octanol–water partition coefficient (Wildman–Crippen LogP) is 3.72. The number of esters is 1. The van der Waals surface area contributed by atoms with Crippen LogP contribution in [0.25, 0.3) is 0 Å². The molecular weight excluding hydrogens is 473 g/mol. The van der Waals surface area contributed by atoms with Gasteiger partial charge in [0.25, 0.3) is 10.0 Å². The van der Waals surface area contributed by atoms with Crippen molar-refractivity contribution in [1.82, 2.24) is 0 Å². The van der Waals surface area contributed by atoms with Crippen molar-refractivity contribution < 1.29 is 22.3 Å². The zero-order valence-corrected chi connectivity index (χ0v) is 19.9. The van der Waals surface area contributed by atoms with E-state index in [0.29, 0.717) is 37.4 Å². The smallest absolute Gasteiger partial charge is 0.306 e. The lowest BCUT2D eigenvalue weighted by atomic mass is 10.1. The van der Waals surface area contributed by atoms with Crippen molar-refractivity contribution in [3.8, 4) is 0 Å². The Balaban J connectivity index is 1.54. The first kappa shape index (κ1) is 23.1. The second-order valence-electron chi connectivity index (χ2n) is 7.34. The number of sulfonamides is 1. The molecule has 1 aromatic carbocycles. The predicted molar refractivity (Wildman–Crippen MR) is 127 cm³/mol. The number of hydrogen-bond donors (Lipinski definition) is 1. The molecule has 0 fully saturated rings. The minimum atomic E-state index is -3.87. The van der Waals surface area contributed by atoms with Gasteiger partial charge in [-0.05, 0) is 30.0 Å². The summed E-state index contributed by atoms with van der Waals surface area (Å²) in [5.74, 6) is -0.230. The van der Waals surface area contributed by atoms with Crippen molar-refractivity contribution in [1.29, 1.82) is 0 Å². The Morgan fingerprint density at radius 1 is 1.34 bits per heavy atom. The summed E-state index contributed by atoms with van der Waals surface area (Å²) in [6.45, 7) is 1.62. The van der Waals surface area contributed by atoms with E-state index in [2.05, 4.69) is 10.3 Å². The Morgan fingerprint density at radius 3 is 2.91 bits per heavy atom. The maximum atomic E-state index is 13.4. The molecule has 0 saturated carbocycles. The second-order valence-corrected chi connectivity index (χ2v) is 11.7. The van der Waals surface area contributed by atoms with E-state index in [0.717, 1.165) is 26.2 Å². The number of benzene rings is 1. The molecule has 7 nitrogen and oxygen atoms in total. The molecule has 0 radical (unpaired) electrons. The zero-order valence-electron chi connectivity index (χ0n) is 17.5. The summed E-state index contributed by atoms with van der Waals surface area (Å²) < 4.78 is 46.1. The van der Waals surface area contributed by atoms with Gasteiger partial charge in [0.05, 0.1) is 48.6 Å². The first-order valence-corrected chi connectivity index (χ1v) is 13.5. The molecule has 0 bridgehead atoms. The van der Waals surface area contributed by atoms with E-state index < -0.39 is 16.7 Å². The van der Waals surface area contributed by atoms with Gasteiger partial charge in [0.1, 0.15) is 10.9 Å². The number of rotatable bonds is 9. The van der Waals surface area contributed by atoms with Crippen LogP contribution in [0.5, 0.6) is 0 Å².